The predicted molar refractivity (Wildman–Crippen MR) is 66.0 cm³/mol. The normalized spacial score (nSPS) is 37.2. The fraction of sp³-hybridized carbons (Fsp3) is 1.00. The molecule has 0 aromatic rings. The number of ether oxygens (including phenoxy) is 2. The monoisotopic (exact) mass is 243 g/mol. The van der Waals surface area contributed by atoms with Gasteiger partial charge in [-0.05, 0) is 34.1 Å². The molecule has 1 N–H and O–H groups in total. The molecule has 2 fully saturated rings. The van der Waals surface area contributed by atoms with Gasteiger partial charge in [0, 0.05) is 12.6 Å². The molecule has 0 spiro atoms. The van der Waals surface area contributed by atoms with Crippen molar-refractivity contribution in [3.05, 3.63) is 0 Å². The minimum absolute atomic E-state index is 0.0769. The Hall–Kier alpha value is -0.160. The maximum Gasteiger partial charge on any atom is 0.0789 e. The molecule has 0 aromatic heterocycles. The van der Waals surface area contributed by atoms with Crippen molar-refractivity contribution in [2.24, 2.45) is 0 Å². The van der Waals surface area contributed by atoms with E-state index in [4.69, 9.17) is 9.47 Å². The molecular weight excluding hydrogens is 218 g/mol. The highest BCUT2D eigenvalue weighted by Gasteiger charge is 2.50. The van der Waals surface area contributed by atoms with Crippen LogP contribution >= 0.6 is 0 Å². The van der Waals surface area contributed by atoms with E-state index in [9.17, 15) is 5.11 Å². The van der Waals surface area contributed by atoms with Crippen molar-refractivity contribution in [2.45, 2.75) is 57.4 Å². The third kappa shape index (κ3) is 2.65. The number of rotatable bonds is 2. The molecule has 2 aliphatic rings. The van der Waals surface area contributed by atoms with Crippen molar-refractivity contribution in [3.8, 4) is 0 Å². The lowest BCUT2D eigenvalue weighted by molar-refractivity contribution is -0.105. The average Bonchev–Trinajstić information content (AvgIpc) is 2.46. The third-order valence-electron chi connectivity index (χ3n) is 3.91. The van der Waals surface area contributed by atoms with Crippen LogP contribution in [0.5, 0.6) is 0 Å². The number of aliphatic hydroxyl groups excluding tert-OH is 1. The van der Waals surface area contributed by atoms with Crippen molar-refractivity contribution in [3.63, 3.8) is 0 Å². The van der Waals surface area contributed by atoms with Gasteiger partial charge in [-0.15, -0.1) is 0 Å². The molecule has 4 heteroatoms. The Balaban J connectivity index is 2.15. The molecule has 0 bridgehead atoms. The van der Waals surface area contributed by atoms with Crippen LogP contribution in [0.1, 0.15) is 34.1 Å². The van der Waals surface area contributed by atoms with Gasteiger partial charge >= 0.3 is 0 Å². The molecule has 0 aliphatic carbocycles. The molecule has 2 atom stereocenters. The van der Waals surface area contributed by atoms with Gasteiger partial charge in [0.05, 0.1) is 37.1 Å². The van der Waals surface area contributed by atoms with Crippen LogP contribution < -0.4 is 0 Å². The third-order valence-corrected chi connectivity index (χ3v) is 3.91. The lowest BCUT2D eigenvalue weighted by Gasteiger charge is -2.43. The van der Waals surface area contributed by atoms with Crippen LogP contribution in [0.15, 0.2) is 0 Å². The van der Waals surface area contributed by atoms with Gasteiger partial charge in [0.2, 0.25) is 0 Å². The minimum Gasteiger partial charge on any atom is -0.395 e. The quantitative estimate of drug-likeness (QED) is 0.786. The summed E-state index contributed by atoms with van der Waals surface area (Å²) >= 11 is 0. The molecule has 4 nitrogen and oxygen atoms in total. The van der Waals surface area contributed by atoms with Crippen LogP contribution in [0.3, 0.4) is 0 Å². The Morgan fingerprint density at radius 2 is 2.00 bits per heavy atom. The fourth-order valence-corrected chi connectivity index (χ4v) is 3.29. The van der Waals surface area contributed by atoms with Gasteiger partial charge in [0.15, 0.2) is 0 Å². The Labute approximate surface area is 104 Å². The van der Waals surface area contributed by atoms with Crippen LogP contribution in [-0.4, -0.2) is 59.7 Å². The van der Waals surface area contributed by atoms with Gasteiger partial charge in [-0.25, -0.2) is 0 Å². The van der Waals surface area contributed by atoms with E-state index in [1.165, 1.54) is 0 Å². The molecule has 2 unspecified atom stereocenters. The van der Waals surface area contributed by atoms with Crippen LogP contribution in [0.2, 0.25) is 0 Å². The second kappa shape index (κ2) is 4.50. The molecule has 0 radical (unpaired) electrons. The topological polar surface area (TPSA) is 41.9 Å². The Kier molecular flexibility index (Phi) is 3.51. The summed E-state index contributed by atoms with van der Waals surface area (Å²) in [5, 5.41) is 9.46. The number of aliphatic hydroxyl groups is 1. The maximum atomic E-state index is 9.46. The molecule has 0 amide bonds. The van der Waals surface area contributed by atoms with Crippen molar-refractivity contribution in [1.29, 1.82) is 0 Å². The van der Waals surface area contributed by atoms with E-state index in [-0.39, 0.29) is 23.9 Å². The smallest absolute Gasteiger partial charge is 0.0789 e. The molecule has 2 rings (SSSR count). The zero-order chi connectivity index (χ0) is 12.7. The highest BCUT2D eigenvalue weighted by molar-refractivity contribution is 5.01. The average molecular weight is 243 g/mol. The summed E-state index contributed by atoms with van der Waals surface area (Å²) in [4.78, 5) is 2.37. The second-order valence-electron chi connectivity index (χ2n) is 6.33. The zero-order valence-corrected chi connectivity index (χ0v) is 11.4. The first kappa shape index (κ1) is 13.3. The number of morpholine rings is 1. The molecule has 2 aliphatic heterocycles. The van der Waals surface area contributed by atoms with Crippen molar-refractivity contribution in [2.75, 3.05) is 26.4 Å². The SMILES string of the molecule is CC1(C)CC(N2CCOCC2CO)C(C)(C)O1. The van der Waals surface area contributed by atoms with Crippen LogP contribution in [0.4, 0.5) is 0 Å². The first-order chi connectivity index (χ1) is 7.86. The maximum absolute atomic E-state index is 9.46. The Morgan fingerprint density at radius 3 is 2.53 bits per heavy atom. The summed E-state index contributed by atoms with van der Waals surface area (Å²) in [5.74, 6) is 0. The summed E-state index contributed by atoms with van der Waals surface area (Å²) in [6.07, 6.45) is 1.01. The molecule has 2 saturated heterocycles. The van der Waals surface area contributed by atoms with Gasteiger partial charge in [-0.2, -0.15) is 0 Å². The Morgan fingerprint density at radius 1 is 1.29 bits per heavy atom. The number of nitrogens with zero attached hydrogens (tertiary/aromatic N) is 1. The van der Waals surface area contributed by atoms with Crippen molar-refractivity contribution < 1.29 is 14.6 Å². The van der Waals surface area contributed by atoms with Gasteiger partial charge in [0.1, 0.15) is 0 Å². The molecular formula is C13H25NO3. The van der Waals surface area contributed by atoms with Crippen molar-refractivity contribution in [1.82, 2.24) is 4.90 Å². The first-order valence-corrected chi connectivity index (χ1v) is 6.50. The summed E-state index contributed by atoms with van der Waals surface area (Å²) in [6.45, 7) is 11.0. The van der Waals surface area contributed by atoms with E-state index in [2.05, 4.69) is 32.6 Å². The molecule has 17 heavy (non-hydrogen) atoms. The first-order valence-electron chi connectivity index (χ1n) is 6.50. The van der Waals surface area contributed by atoms with E-state index in [0.717, 1.165) is 19.6 Å². The number of hydrogen-bond acceptors (Lipinski definition) is 4. The summed E-state index contributed by atoms with van der Waals surface area (Å²) < 4.78 is 11.6. The number of hydrogen-bond donors (Lipinski definition) is 1. The highest BCUT2D eigenvalue weighted by atomic mass is 16.5. The van der Waals surface area contributed by atoms with E-state index >= 15 is 0 Å². The summed E-state index contributed by atoms with van der Waals surface area (Å²) in [7, 11) is 0. The van der Waals surface area contributed by atoms with Crippen molar-refractivity contribution >= 4 is 0 Å². The van der Waals surface area contributed by atoms with Gasteiger partial charge in [-0.3, -0.25) is 4.90 Å². The molecule has 0 aromatic carbocycles. The van der Waals surface area contributed by atoms with Crippen LogP contribution in [-0.2, 0) is 9.47 Å². The predicted octanol–water partition coefficient (Wildman–Crippen LogP) is 1.03. The van der Waals surface area contributed by atoms with Gasteiger partial charge < -0.3 is 14.6 Å². The summed E-state index contributed by atoms with van der Waals surface area (Å²) in [6, 6.07) is 0.476. The zero-order valence-electron chi connectivity index (χ0n) is 11.4. The lowest BCUT2D eigenvalue weighted by Crippen LogP contribution is -2.57. The standard InChI is InChI=1S/C13H25NO3/c1-12(2)7-11(13(3,4)17-12)14-5-6-16-9-10(14)8-15/h10-11,15H,5-9H2,1-4H3. The summed E-state index contributed by atoms with van der Waals surface area (Å²) in [5.41, 5.74) is -0.235. The lowest BCUT2D eigenvalue weighted by atomic mass is 9.91. The van der Waals surface area contributed by atoms with E-state index in [1.54, 1.807) is 0 Å². The largest absolute Gasteiger partial charge is 0.395 e. The molecule has 0 saturated carbocycles. The Bertz CT molecular complexity index is 278. The fourth-order valence-electron chi connectivity index (χ4n) is 3.29. The van der Waals surface area contributed by atoms with E-state index in [0.29, 0.717) is 12.6 Å². The minimum atomic E-state index is -0.158. The van der Waals surface area contributed by atoms with E-state index in [1.807, 2.05) is 0 Å². The van der Waals surface area contributed by atoms with Gasteiger partial charge in [-0.1, -0.05) is 0 Å². The van der Waals surface area contributed by atoms with Crippen LogP contribution in [0.25, 0.3) is 0 Å². The molecule has 2 heterocycles. The highest BCUT2D eigenvalue weighted by Crippen LogP contribution is 2.41. The van der Waals surface area contributed by atoms with Crippen LogP contribution in [0, 0.1) is 0 Å². The molecule has 100 valence electrons. The van der Waals surface area contributed by atoms with Gasteiger partial charge in [0.25, 0.3) is 0 Å². The van der Waals surface area contributed by atoms with E-state index < -0.39 is 0 Å². The second-order valence-corrected chi connectivity index (χ2v) is 6.33.